The van der Waals surface area contributed by atoms with Crippen molar-refractivity contribution < 1.29 is 9.59 Å². The van der Waals surface area contributed by atoms with Gasteiger partial charge in [-0.2, -0.15) is 0 Å². The number of allylic oxidation sites excluding steroid dienone is 2. The third-order valence-corrected chi connectivity index (χ3v) is 3.20. The van der Waals surface area contributed by atoms with E-state index in [4.69, 9.17) is 11.6 Å². The first-order valence-electron chi connectivity index (χ1n) is 6.16. The van der Waals surface area contributed by atoms with Crippen LogP contribution in [0.4, 0.5) is 0 Å². The predicted molar refractivity (Wildman–Crippen MR) is 73.5 cm³/mol. The van der Waals surface area contributed by atoms with Gasteiger partial charge in [-0.1, -0.05) is 29.8 Å². The van der Waals surface area contributed by atoms with Gasteiger partial charge in [0.25, 0.3) is 5.91 Å². The Morgan fingerprint density at radius 2 is 2.16 bits per heavy atom. The first-order valence-corrected chi connectivity index (χ1v) is 6.54. The second kappa shape index (κ2) is 6.38. The Hall–Kier alpha value is -1.81. The number of hydrogen-bond acceptors (Lipinski definition) is 2. The zero-order chi connectivity index (χ0) is 13.7. The van der Waals surface area contributed by atoms with E-state index < -0.39 is 0 Å². The summed E-state index contributed by atoms with van der Waals surface area (Å²) in [4.78, 5) is 23.4. The lowest BCUT2D eigenvalue weighted by molar-refractivity contribution is -0.122. The van der Waals surface area contributed by atoms with Gasteiger partial charge in [-0.25, -0.2) is 0 Å². The van der Waals surface area contributed by atoms with Crippen LogP contribution in [0.2, 0.25) is 5.02 Å². The minimum atomic E-state index is -0.377. The molecule has 0 saturated carbocycles. The smallest absolute Gasteiger partial charge is 0.269 e. The van der Waals surface area contributed by atoms with E-state index >= 15 is 0 Å². The van der Waals surface area contributed by atoms with Crippen LogP contribution in [0, 0.1) is 5.92 Å². The lowest BCUT2D eigenvalue weighted by atomic mass is 10.1. The van der Waals surface area contributed by atoms with Gasteiger partial charge >= 0.3 is 0 Å². The van der Waals surface area contributed by atoms with E-state index in [-0.39, 0.29) is 17.7 Å². The molecule has 2 rings (SSSR count). The minimum absolute atomic E-state index is 0.188. The van der Waals surface area contributed by atoms with Gasteiger partial charge in [-0.3, -0.25) is 20.4 Å². The molecule has 0 fully saturated rings. The van der Waals surface area contributed by atoms with Crippen molar-refractivity contribution in [3.63, 3.8) is 0 Å². The van der Waals surface area contributed by atoms with Crippen LogP contribution >= 0.6 is 11.6 Å². The van der Waals surface area contributed by atoms with Crippen LogP contribution in [-0.2, 0) is 4.79 Å². The molecule has 19 heavy (non-hydrogen) atoms. The summed E-state index contributed by atoms with van der Waals surface area (Å²) in [5.74, 6) is -0.284. The SMILES string of the molecule is O=C(C[C@@H]1C=CCC1)NNC(=O)c1cccc(Cl)c1. The number of rotatable bonds is 3. The molecule has 0 bridgehead atoms. The lowest BCUT2D eigenvalue weighted by Gasteiger charge is -2.10. The number of hydrogen-bond donors (Lipinski definition) is 2. The molecule has 0 radical (unpaired) electrons. The monoisotopic (exact) mass is 278 g/mol. The zero-order valence-corrected chi connectivity index (χ0v) is 11.1. The molecule has 0 spiro atoms. The highest BCUT2D eigenvalue weighted by molar-refractivity contribution is 6.30. The van der Waals surface area contributed by atoms with Crippen molar-refractivity contribution in [3.05, 3.63) is 47.0 Å². The summed E-state index contributed by atoms with van der Waals surface area (Å²) in [6, 6.07) is 6.54. The number of carbonyl (C=O) groups excluding carboxylic acids is 2. The molecule has 1 aromatic carbocycles. The Morgan fingerprint density at radius 1 is 1.32 bits per heavy atom. The van der Waals surface area contributed by atoms with Crippen LogP contribution in [0.3, 0.4) is 0 Å². The summed E-state index contributed by atoms with van der Waals surface area (Å²) < 4.78 is 0. The maximum Gasteiger partial charge on any atom is 0.269 e. The maximum absolute atomic E-state index is 11.7. The topological polar surface area (TPSA) is 58.2 Å². The molecule has 2 N–H and O–H groups in total. The summed E-state index contributed by atoms with van der Waals surface area (Å²) in [6.45, 7) is 0. The van der Waals surface area contributed by atoms with Gasteiger partial charge in [0.15, 0.2) is 0 Å². The van der Waals surface area contributed by atoms with Gasteiger partial charge in [-0.15, -0.1) is 0 Å². The molecule has 0 unspecified atom stereocenters. The lowest BCUT2D eigenvalue weighted by Crippen LogP contribution is -2.42. The molecule has 0 saturated heterocycles. The number of nitrogens with one attached hydrogen (secondary N) is 2. The number of hydrazine groups is 1. The Labute approximate surface area is 116 Å². The summed E-state index contributed by atoms with van der Waals surface area (Å²) in [6.07, 6.45) is 6.52. The molecule has 100 valence electrons. The number of halogens is 1. The molecule has 1 aliphatic rings. The molecule has 1 aromatic rings. The summed E-state index contributed by atoms with van der Waals surface area (Å²) >= 11 is 5.79. The third kappa shape index (κ3) is 4.10. The minimum Gasteiger partial charge on any atom is -0.273 e. The molecule has 1 aliphatic carbocycles. The van der Waals surface area contributed by atoms with Crippen LogP contribution in [0.25, 0.3) is 0 Å². The van der Waals surface area contributed by atoms with Crippen molar-refractivity contribution >= 4 is 23.4 Å². The highest BCUT2D eigenvalue weighted by Gasteiger charge is 2.14. The van der Waals surface area contributed by atoms with Crippen molar-refractivity contribution in [2.24, 2.45) is 5.92 Å². The molecular weight excluding hydrogens is 264 g/mol. The van der Waals surface area contributed by atoms with Crippen molar-refractivity contribution in [1.82, 2.24) is 10.9 Å². The fraction of sp³-hybridized carbons (Fsp3) is 0.286. The van der Waals surface area contributed by atoms with Gasteiger partial charge in [0, 0.05) is 17.0 Å². The van der Waals surface area contributed by atoms with Crippen molar-refractivity contribution in [1.29, 1.82) is 0 Å². The van der Waals surface area contributed by atoms with Gasteiger partial charge < -0.3 is 0 Å². The second-order valence-corrected chi connectivity index (χ2v) is 4.92. The van der Waals surface area contributed by atoms with Gasteiger partial charge in [0.2, 0.25) is 5.91 Å². The Bertz CT molecular complexity index is 514. The molecule has 2 amide bonds. The Morgan fingerprint density at radius 3 is 2.84 bits per heavy atom. The highest BCUT2D eigenvalue weighted by atomic mass is 35.5. The van der Waals surface area contributed by atoms with Crippen molar-refractivity contribution in [3.8, 4) is 0 Å². The Balaban J connectivity index is 1.80. The van der Waals surface area contributed by atoms with E-state index in [0.29, 0.717) is 17.0 Å². The van der Waals surface area contributed by atoms with Crippen molar-refractivity contribution in [2.75, 3.05) is 0 Å². The van der Waals surface area contributed by atoms with Gasteiger partial charge in [0.05, 0.1) is 0 Å². The largest absolute Gasteiger partial charge is 0.273 e. The number of carbonyl (C=O) groups is 2. The number of benzene rings is 1. The Kier molecular flexibility index (Phi) is 4.58. The normalized spacial score (nSPS) is 17.2. The molecule has 0 aliphatic heterocycles. The molecule has 5 heteroatoms. The average Bonchev–Trinajstić information content (AvgIpc) is 2.88. The second-order valence-electron chi connectivity index (χ2n) is 4.48. The van der Waals surface area contributed by atoms with Crippen LogP contribution in [0.1, 0.15) is 29.6 Å². The first-order chi connectivity index (χ1) is 9.15. The van der Waals surface area contributed by atoms with E-state index in [0.717, 1.165) is 12.8 Å². The molecule has 0 aromatic heterocycles. The van der Waals surface area contributed by atoms with E-state index in [9.17, 15) is 9.59 Å². The molecule has 0 heterocycles. The predicted octanol–water partition coefficient (Wildman–Crippen LogP) is 2.46. The summed E-state index contributed by atoms with van der Waals surface area (Å²) in [5.41, 5.74) is 5.20. The maximum atomic E-state index is 11.7. The molecule has 4 nitrogen and oxygen atoms in total. The first kappa shape index (κ1) is 13.6. The van der Waals surface area contributed by atoms with Crippen molar-refractivity contribution in [2.45, 2.75) is 19.3 Å². The molecular formula is C14H15ClN2O2. The van der Waals surface area contributed by atoms with E-state index in [2.05, 4.69) is 16.9 Å². The average molecular weight is 279 g/mol. The van der Waals surface area contributed by atoms with Gasteiger partial charge in [0.1, 0.15) is 0 Å². The van der Waals surface area contributed by atoms with Crippen LogP contribution in [0.5, 0.6) is 0 Å². The standard InChI is InChI=1S/C14H15ClN2O2/c15-12-7-3-6-11(9-12)14(19)17-16-13(18)8-10-4-1-2-5-10/h1,3-4,6-7,9-10H,2,5,8H2,(H,16,18)(H,17,19)/t10-/m1/s1. The number of amides is 2. The van der Waals surface area contributed by atoms with Gasteiger partial charge in [-0.05, 0) is 37.0 Å². The summed E-state index contributed by atoms with van der Waals surface area (Å²) in [7, 11) is 0. The quantitative estimate of drug-likeness (QED) is 0.659. The fourth-order valence-electron chi connectivity index (χ4n) is 1.98. The summed E-state index contributed by atoms with van der Waals surface area (Å²) in [5, 5.41) is 0.482. The van der Waals surface area contributed by atoms with E-state index in [1.807, 2.05) is 6.08 Å². The fourth-order valence-corrected chi connectivity index (χ4v) is 2.17. The van der Waals surface area contributed by atoms with E-state index in [1.165, 1.54) is 0 Å². The molecule has 1 atom stereocenters. The van der Waals surface area contributed by atoms with Crippen LogP contribution in [0.15, 0.2) is 36.4 Å². The van der Waals surface area contributed by atoms with Crippen LogP contribution in [-0.4, -0.2) is 11.8 Å². The third-order valence-electron chi connectivity index (χ3n) is 2.96. The zero-order valence-electron chi connectivity index (χ0n) is 10.4. The van der Waals surface area contributed by atoms with Crippen LogP contribution < -0.4 is 10.9 Å². The van der Waals surface area contributed by atoms with E-state index in [1.54, 1.807) is 24.3 Å². The highest BCUT2D eigenvalue weighted by Crippen LogP contribution is 2.19.